The highest BCUT2D eigenvalue weighted by atomic mass is 19.1. The zero-order valence-corrected chi connectivity index (χ0v) is 9.52. The lowest BCUT2D eigenvalue weighted by molar-refractivity contribution is 0.0643. The van der Waals surface area contributed by atoms with Crippen molar-refractivity contribution in [2.24, 2.45) is 0 Å². The molecule has 0 amide bonds. The number of aldehydes is 1. The van der Waals surface area contributed by atoms with E-state index in [0.29, 0.717) is 17.7 Å². The summed E-state index contributed by atoms with van der Waals surface area (Å²) in [4.78, 5) is 10.6. The number of alkyl halides is 1. The highest BCUT2D eigenvalue weighted by Gasteiger charge is 2.05. The van der Waals surface area contributed by atoms with Crippen molar-refractivity contribution < 1.29 is 13.9 Å². The minimum absolute atomic E-state index is 0.322. The van der Waals surface area contributed by atoms with Gasteiger partial charge in [0.1, 0.15) is 12.0 Å². The van der Waals surface area contributed by atoms with E-state index in [0.717, 1.165) is 17.1 Å². The molecule has 0 saturated carbocycles. The Balaban J connectivity index is 2.34. The van der Waals surface area contributed by atoms with Gasteiger partial charge in [0.2, 0.25) is 6.36 Å². The van der Waals surface area contributed by atoms with Crippen LogP contribution in [-0.2, 0) is 0 Å². The number of halogens is 1. The van der Waals surface area contributed by atoms with Crippen LogP contribution in [0, 0.1) is 0 Å². The zero-order chi connectivity index (χ0) is 12.3. The number of fused-ring (bicyclic) bond motifs is 1. The summed E-state index contributed by atoms with van der Waals surface area (Å²) in [5.74, 6) is 0.505. The van der Waals surface area contributed by atoms with Gasteiger partial charge in [-0.25, -0.2) is 4.39 Å². The average Bonchev–Trinajstić information content (AvgIpc) is 2.38. The third-order valence-electron chi connectivity index (χ3n) is 2.56. The second-order valence-corrected chi connectivity index (χ2v) is 3.82. The van der Waals surface area contributed by atoms with E-state index in [1.54, 1.807) is 31.2 Å². The predicted molar refractivity (Wildman–Crippen MR) is 65.2 cm³/mol. The lowest BCUT2D eigenvalue weighted by atomic mass is 10.1. The first-order valence-corrected chi connectivity index (χ1v) is 5.52. The molecule has 0 fully saturated rings. The Kier molecular flexibility index (Phi) is 3.38. The van der Waals surface area contributed by atoms with Crippen LogP contribution in [0.2, 0.25) is 0 Å². The van der Waals surface area contributed by atoms with Crippen LogP contribution in [-0.4, -0.2) is 12.6 Å². The minimum atomic E-state index is -1.28. The van der Waals surface area contributed by atoms with E-state index in [-0.39, 0.29) is 0 Å². The molecular weight excluding hydrogens is 219 g/mol. The second kappa shape index (κ2) is 4.95. The van der Waals surface area contributed by atoms with E-state index in [1.165, 1.54) is 0 Å². The molecule has 0 aliphatic carbocycles. The van der Waals surface area contributed by atoms with Crippen LogP contribution in [0.15, 0.2) is 36.4 Å². The van der Waals surface area contributed by atoms with Gasteiger partial charge < -0.3 is 4.74 Å². The van der Waals surface area contributed by atoms with Gasteiger partial charge in [-0.1, -0.05) is 25.1 Å². The largest absolute Gasteiger partial charge is 0.460 e. The molecule has 0 spiro atoms. The SMILES string of the molecule is CCC(F)Oc1ccc2cc(C=O)ccc2c1. The van der Waals surface area contributed by atoms with Crippen molar-refractivity contribution in [3.63, 3.8) is 0 Å². The predicted octanol–water partition coefficient (Wildman–Crippen LogP) is 3.74. The topological polar surface area (TPSA) is 26.3 Å². The third kappa shape index (κ3) is 2.61. The molecule has 0 aliphatic rings. The summed E-state index contributed by atoms with van der Waals surface area (Å²) in [6.45, 7) is 1.72. The summed E-state index contributed by atoms with van der Waals surface area (Å²) in [5, 5.41) is 1.87. The number of benzene rings is 2. The van der Waals surface area contributed by atoms with Crippen molar-refractivity contribution in [3.8, 4) is 5.75 Å². The molecule has 0 saturated heterocycles. The maximum Gasteiger partial charge on any atom is 0.238 e. The average molecular weight is 232 g/mol. The van der Waals surface area contributed by atoms with Gasteiger partial charge in [0.05, 0.1) is 0 Å². The van der Waals surface area contributed by atoms with Gasteiger partial charge in [-0.05, 0) is 29.0 Å². The molecule has 88 valence electrons. The van der Waals surface area contributed by atoms with Crippen molar-refractivity contribution >= 4 is 17.1 Å². The Morgan fingerprint density at radius 1 is 1.24 bits per heavy atom. The van der Waals surface area contributed by atoms with Crippen molar-refractivity contribution in [2.45, 2.75) is 19.7 Å². The summed E-state index contributed by atoms with van der Waals surface area (Å²) in [6, 6.07) is 10.6. The Bertz CT molecular complexity index is 537. The van der Waals surface area contributed by atoms with Gasteiger partial charge in [0, 0.05) is 12.0 Å². The molecule has 0 aromatic heterocycles. The molecule has 2 nitrogen and oxygen atoms in total. The number of ether oxygens (including phenoxy) is 1. The highest BCUT2D eigenvalue weighted by Crippen LogP contribution is 2.23. The first kappa shape index (κ1) is 11.6. The smallest absolute Gasteiger partial charge is 0.238 e. The van der Waals surface area contributed by atoms with Crippen LogP contribution in [0.25, 0.3) is 10.8 Å². The summed E-state index contributed by atoms with van der Waals surface area (Å²) in [6.07, 6.45) is -0.151. The van der Waals surface area contributed by atoms with E-state index in [4.69, 9.17) is 4.74 Å². The van der Waals surface area contributed by atoms with Crippen LogP contribution in [0.1, 0.15) is 23.7 Å². The minimum Gasteiger partial charge on any atom is -0.460 e. The van der Waals surface area contributed by atoms with Crippen molar-refractivity contribution in [1.82, 2.24) is 0 Å². The maximum absolute atomic E-state index is 13.1. The summed E-state index contributed by atoms with van der Waals surface area (Å²) >= 11 is 0. The molecule has 1 unspecified atom stereocenters. The van der Waals surface area contributed by atoms with Gasteiger partial charge in [0.15, 0.2) is 0 Å². The molecule has 0 N–H and O–H groups in total. The van der Waals surface area contributed by atoms with Crippen LogP contribution in [0.3, 0.4) is 0 Å². The normalized spacial score (nSPS) is 12.4. The van der Waals surface area contributed by atoms with Gasteiger partial charge in [-0.2, -0.15) is 0 Å². The molecule has 3 heteroatoms. The fourth-order valence-electron chi connectivity index (χ4n) is 1.62. The third-order valence-corrected chi connectivity index (χ3v) is 2.56. The quantitative estimate of drug-likeness (QED) is 0.750. The van der Waals surface area contributed by atoms with E-state index in [9.17, 15) is 9.18 Å². The van der Waals surface area contributed by atoms with Gasteiger partial charge in [-0.15, -0.1) is 0 Å². The standard InChI is InChI=1S/C14H13FO2/c1-2-14(15)17-13-6-5-11-7-10(9-16)3-4-12(11)8-13/h3-9,14H,2H2,1H3. The number of carbonyl (C=O) groups is 1. The Morgan fingerprint density at radius 2 is 1.94 bits per heavy atom. The van der Waals surface area contributed by atoms with E-state index < -0.39 is 6.36 Å². The molecule has 0 heterocycles. The molecule has 17 heavy (non-hydrogen) atoms. The molecule has 2 rings (SSSR count). The van der Waals surface area contributed by atoms with E-state index in [2.05, 4.69) is 0 Å². The van der Waals surface area contributed by atoms with E-state index in [1.807, 2.05) is 12.1 Å². The first-order valence-electron chi connectivity index (χ1n) is 5.52. The molecule has 2 aromatic rings. The fraction of sp³-hybridized carbons (Fsp3) is 0.214. The van der Waals surface area contributed by atoms with Crippen molar-refractivity contribution in [1.29, 1.82) is 0 Å². The summed E-state index contributed by atoms with van der Waals surface area (Å²) in [7, 11) is 0. The molecule has 1 atom stereocenters. The maximum atomic E-state index is 13.1. The van der Waals surface area contributed by atoms with Crippen LogP contribution in [0.4, 0.5) is 4.39 Å². The summed E-state index contributed by atoms with van der Waals surface area (Å²) in [5.41, 5.74) is 0.628. The zero-order valence-electron chi connectivity index (χ0n) is 9.52. The highest BCUT2D eigenvalue weighted by molar-refractivity contribution is 5.89. The van der Waals surface area contributed by atoms with Crippen molar-refractivity contribution in [3.05, 3.63) is 42.0 Å². The van der Waals surface area contributed by atoms with Gasteiger partial charge >= 0.3 is 0 Å². The first-order chi connectivity index (χ1) is 8.22. The number of carbonyl (C=O) groups excluding carboxylic acids is 1. The fourth-order valence-corrected chi connectivity index (χ4v) is 1.62. The molecule has 0 radical (unpaired) electrons. The van der Waals surface area contributed by atoms with Crippen LogP contribution >= 0.6 is 0 Å². The van der Waals surface area contributed by atoms with E-state index >= 15 is 0 Å². The van der Waals surface area contributed by atoms with Crippen LogP contribution in [0.5, 0.6) is 5.75 Å². The Labute approximate surface area is 99.0 Å². The second-order valence-electron chi connectivity index (χ2n) is 3.82. The van der Waals surface area contributed by atoms with Gasteiger partial charge in [-0.3, -0.25) is 4.79 Å². The molecule has 0 bridgehead atoms. The lowest BCUT2D eigenvalue weighted by Gasteiger charge is -2.10. The lowest BCUT2D eigenvalue weighted by Crippen LogP contribution is -2.07. The Hall–Kier alpha value is -1.90. The van der Waals surface area contributed by atoms with Gasteiger partial charge in [0.25, 0.3) is 0 Å². The van der Waals surface area contributed by atoms with Crippen LogP contribution < -0.4 is 4.74 Å². The molecule has 2 aromatic carbocycles. The monoisotopic (exact) mass is 232 g/mol. The number of hydrogen-bond acceptors (Lipinski definition) is 2. The molecular formula is C14H13FO2. The number of rotatable bonds is 4. The number of hydrogen-bond donors (Lipinski definition) is 0. The van der Waals surface area contributed by atoms with Crippen molar-refractivity contribution in [2.75, 3.05) is 0 Å². The summed E-state index contributed by atoms with van der Waals surface area (Å²) < 4.78 is 18.2. The molecule has 0 aliphatic heterocycles. The Morgan fingerprint density at radius 3 is 2.65 bits per heavy atom.